The molecule has 1 aromatic heterocycles. The van der Waals surface area contributed by atoms with Crippen LogP contribution >= 0.6 is 0 Å². The lowest BCUT2D eigenvalue weighted by Crippen LogP contribution is -2.44. The fraction of sp³-hybridized carbons (Fsp3) is 0.545. The summed E-state index contributed by atoms with van der Waals surface area (Å²) in [5.41, 5.74) is -0.928. The summed E-state index contributed by atoms with van der Waals surface area (Å²) in [6, 6.07) is 1.61. The molecule has 0 N–H and O–H groups in total. The Bertz CT molecular complexity index is 1120. The maximum atomic E-state index is 13.5. The second-order valence-corrected chi connectivity index (χ2v) is 8.72. The van der Waals surface area contributed by atoms with Crippen LogP contribution in [0.5, 0.6) is 17.4 Å². The Morgan fingerprint density at radius 2 is 1.66 bits per heavy atom. The quantitative estimate of drug-likeness (QED) is 0.568. The number of alkyl halides is 3. The molecule has 1 amide bonds. The number of methoxy groups -OCH3 is 3. The summed E-state index contributed by atoms with van der Waals surface area (Å²) in [4.78, 5) is 33.3. The minimum Gasteiger partial charge on any atom is -0.493 e. The first-order valence-electron chi connectivity index (χ1n) is 10.5. The molecule has 0 bridgehead atoms. The molecule has 1 saturated heterocycles. The van der Waals surface area contributed by atoms with Gasteiger partial charge in [-0.05, 0) is 26.8 Å². The van der Waals surface area contributed by atoms with E-state index in [0.29, 0.717) is 0 Å². The zero-order chi connectivity index (χ0) is 26.1. The van der Waals surface area contributed by atoms with Crippen LogP contribution in [0.2, 0.25) is 0 Å². The van der Waals surface area contributed by atoms with Crippen LogP contribution < -0.4 is 14.2 Å². The van der Waals surface area contributed by atoms with Crippen molar-refractivity contribution in [3.63, 3.8) is 0 Å². The molecule has 2 aromatic rings. The van der Waals surface area contributed by atoms with E-state index in [4.69, 9.17) is 23.7 Å². The van der Waals surface area contributed by atoms with Gasteiger partial charge < -0.3 is 23.7 Å². The largest absolute Gasteiger partial charge is 0.493 e. The van der Waals surface area contributed by atoms with Crippen molar-refractivity contribution in [2.75, 3.05) is 27.9 Å². The highest BCUT2D eigenvalue weighted by Crippen LogP contribution is 2.38. The molecule has 0 spiro atoms. The molecular weight excluding hydrogens is 475 g/mol. The molecule has 2 heterocycles. The SMILES string of the molecule is COC(=O)C1C[C@@H](Oc2nc(C(F)(F)F)nc3cc(OC)c(OC)cc23)CN1C(=O)OC(C)(C)C. The molecule has 1 unspecified atom stereocenters. The van der Waals surface area contributed by atoms with Crippen molar-refractivity contribution in [2.45, 2.75) is 51.1 Å². The number of ether oxygens (including phenoxy) is 5. The van der Waals surface area contributed by atoms with Gasteiger partial charge in [-0.15, -0.1) is 0 Å². The van der Waals surface area contributed by atoms with Gasteiger partial charge in [-0.2, -0.15) is 18.2 Å². The minimum absolute atomic E-state index is 0.0496. The van der Waals surface area contributed by atoms with Crippen molar-refractivity contribution < 1.29 is 46.4 Å². The van der Waals surface area contributed by atoms with E-state index in [2.05, 4.69) is 9.97 Å². The maximum Gasteiger partial charge on any atom is 0.451 e. The molecule has 0 saturated carbocycles. The summed E-state index contributed by atoms with van der Waals surface area (Å²) in [5, 5.41) is 0.126. The number of aromatic nitrogens is 2. The van der Waals surface area contributed by atoms with E-state index in [1.54, 1.807) is 20.8 Å². The summed E-state index contributed by atoms with van der Waals surface area (Å²) in [7, 11) is 3.87. The van der Waals surface area contributed by atoms with Gasteiger partial charge in [-0.25, -0.2) is 14.6 Å². The summed E-state index contributed by atoms with van der Waals surface area (Å²) in [5.74, 6) is -2.12. The summed E-state index contributed by atoms with van der Waals surface area (Å²) >= 11 is 0. The van der Waals surface area contributed by atoms with Crippen LogP contribution in [-0.2, 0) is 20.4 Å². The number of benzene rings is 1. The molecule has 35 heavy (non-hydrogen) atoms. The van der Waals surface area contributed by atoms with Crippen LogP contribution in [0.3, 0.4) is 0 Å². The van der Waals surface area contributed by atoms with Gasteiger partial charge >= 0.3 is 18.2 Å². The molecule has 0 aliphatic carbocycles. The van der Waals surface area contributed by atoms with Crippen molar-refractivity contribution in [1.29, 1.82) is 0 Å². The Morgan fingerprint density at radius 1 is 1.03 bits per heavy atom. The molecule has 3 rings (SSSR count). The molecule has 2 atom stereocenters. The Morgan fingerprint density at radius 3 is 2.20 bits per heavy atom. The first kappa shape index (κ1) is 26.1. The molecule has 13 heteroatoms. The van der Waals surface area contributed by atoms with E-state index in [1.165, 1.54) is 26.4 Å². The van der Waals surface area contributed by atoms with E-state index in [-0.39, 0.29) is 41.2 Å². The van der Waals surface area contributed by atoms with Crippen LogP contribution in [0.1, 0.15) is 33.0 Å². The summed E-state index contributed by atoms with van der Waals surface area (Å²) in [6.45, 7) is 4.84. The van der Waals surface area contributed by atoms with Crippen molar-refractivity contribution in [2.24, 2.45) is 0 Å². The number of fused-ring (bicyclic) bond motifs is 1. The van der Waals surface area contributed by atoms with Crippen LogP contribution in [0.4, 0.5) is 18.0 Å². The van der Waals surface area contributed by atoms with Gasteiger partial charge in [0, 0.05) is 12.5 Å². The monoisotopic (exact) mass is 501 g/mol. The van der Waals surface area contributed by atoms with Crippen LogP contribution in [-0.4, -0.2) is 72.6 Å². The number of nitrogens with zero attached hydrogens (tertiary/aromatic N) is 3. The molecule has 1 aliphatic rings. The predicted molar refractivity (Wildman–Crippen MR) is 115 cm³/mol. The second kappa shape index (κ2) is 9.62. The minimum atomic E-state index is -4.85. The third kappa shape index (κ3) is 5.77. The van der Waals surface area contributed by atoms with Gasteiger partial charge in [0.15, 0.2) is 11.5 Å². The highest BCUT2D eigenvalue weighted by Gasteiger charge is 2.44. The first-order valence-corrected chi connectivity index (χ1v) is 10.5. The zero-order valence-corrected chi connectivity index (χ0v) is 20.1. The number of carbonyl (C=O) groups is 2. The number of amides is 1. The van der Waals surface area contributed by atoms with Crippen molar-refractivity contribution in [3.8, 4) is 17.4 Å². The Labute approximate surface area is 199 Å². The molecule has 0 radical (unpaired) electrons. The number of hydrogen-bond donors (Lipinski definition) is 0. The molecule has 1 aliphatic heterocycles. The second-order valence-electron chi connectivity index (χ2n) is 8.72. The lowest BCUT2D eigenvalue weighted by Gasteiger charge is -2.27. The summed E-state index contributed by atoms with van der Waals surface area (Å²) in [6.07, 6.45) is -6.58. The van der Waals surface area contributed by atoms with Crippen molar-refractivity contribution in [3.05, 3.63) is 18.0 Å². The Balaban J connectivity index is 2.02. The normalized spacial score (nSPS) is 18.4. The molecular formula is C22H26F3N3O7. The number of likely N-dealkylation sites (tertiary alicyclic amines) is 1. The van der Waals surface area contributed by atoms with E-state index < -0.39 is 41.8 Å². The van der Waals surface area contributed by atoms with Crippen LogP contribution in [0.15, 0.2) is 12.1 Å². The lowest BCUT2D eigenvalue weighted by atomic mass is 10.2. The first-order chi connectivity index (χ1) is 16.3. The molecule has 192 valence electrons. The Kier molecular flexibility index (Phi) is 7.18. The highest BCUT2D eigenvalue weighted by atomic mass is 19.4. The molecule has 10 nitrogen and oxygen atoms in total. The van der Waals surface area contributed by atoms with E-state index in [1.807, 2.05) is 0 Å². The molecule has 1 aromatic carbocycles. The number of rotatable bonds is 5. The number of esters is 1. The van der Waals surface area contributed by atoms with Gasteiger partial charge in [-0.1, -0.05) is 0 Å². The fourth-order valence-corrected chi connectivity index (χ4v) is 3.57. The average Bonchev–Trinajstić information content (AvgIpc) is 3.19. The number of hydrogen-bond acceptors (Lipinski definition) is 9. The topological polar surface area (TPSA) is 109 Å². The Hall–Kier alpha value is -3.51. The van der Waals surface area contributed by atoms with Gasteiger partial charge in [0.25, 0.3) is 0 Å². The van der Waals surface area contributed by atoms with Crippen molar-refractivity contribution >= 4 is 23.0 Å². The predicted octanol–water partition coefficient (Wildman–Crippen LogP) is 3.60. The number of halogens is 3. The zero-order valence-electron chi connectivity index (χ0n) is 20.1. The van der Waals surface area contributed by atoms with E-state index in [0.717, 1.165) is 12.0 Å². The molecule has 1 fully saturated rings. The summed E-state index contributed by atoms with van der Waals surface area (Å²) < 4.78 is 66.9. The lowest BCUT2D eigenvalue weighted by molar-refractivity contribution is -0.146. The standard InChI is InChI=1S/C22H26F3N3O7/c1-21(2,3)35-20(30)28-10-11(7-14(28)18(29)33-6)34-17-12-8-15(31-4)16(32-5)9-13(12)26-19(27-17)22(23,24)25/h8-9,11,14H,7,10H2,1-6H3/t11-,14?/m1/s1. The van der Waals surface area contributed by atoms with Gasteiger partial charge in [0.2, 0.25) is 11.7 Å². The van der Waals surface area contributed by atoms with Crippen LogP contribution in [0, 0.1) is 0 Å². The highest BCUT2D eigenvalue weighted by molar-refractivity contribution is 5.87. The smallest absolute Gasteiger partial charge is 0.451 e. The van der Waals surface area contributed by atoms with Gasteiger partial charge in [0.1, 0.15) is 17.7 Å². The van der Waals surface area contributed by atoms with Gasteiger partial charge in [-0.3, -0.25) is 4.90 Å². The van der Waals surface area contributed by atoms with E-state index >= 15 is 0 Å². The fourth-order valence-electron chi connectivity index (χ4n) is 3.57. The third-order valence-corrected chi connectivity index (χ3v) is 5.06. The average molecular weight is 501 g/mol. The van der Waals surface area contributed by atoms with Crippen LogP contribution in [0.25, 0.3) is 10.9 Å². The van der Waals surface area contributed by atoms with E-state index in [9.17, 15) is 22.8 Å². The van der Waals surface area contributed by atoms with Gasteiger partial charge in [0.05, 0.1) is 38.8 Å². The third-order valence-electron chi connectivity index (χ3n) is 5.06. The maximum absolute atomic E-state index is 13.5. The van der Waals surface area contributed by atoms with Crippen molar-refractivity contribution in [1.82, 2.24) is 14.9 Å². The number of carbonyl (C=O) groups excluding carboxylic acids is 2.